The summed E-state index contributed by atoms with van der Waals surface area (Å²) in [5, 5.41) is 2.92. The smallest absolute Gasteiger partial charge is 0.329 e. The summed E-state index contributed by atoms with van der Waals surface area (Å²) < 4.78 is 3.19. The van der Waals surface area contributed by atoms with Gasteiger partial charge in [0, 0.05) is 18.9 Å². The predicted octanol–water partition coefficient (Wildman–Crippen LogP) is 2.10. The Balaban J connectivity index is 1.84. The number of nitrogens with one attached hydrogen (secondary N) is 1. The van der Waals surface area contributed by atoms with Gasteiger partial charge >= 0.3 is 5.69 Å². The second-order valence-electron chi connectivity index (χ2n) is 5.68. The van der Waals surface area contributed by atoms with E-state index in [1.54, 1.807) is 17.0 Å². The fourth-order valence-corrected chi connectivity index (χ4v) is 2.88. The molecule has 124 valence electrons. The van der Waals surface area contributed by atoms with Crippen LogP contribution in [0.25, 0.3) is 11.0 Å². The number of imidazole rings is 1. The lowest BCUT2D eigenvalue weighted by molar-refractivity contribution is -0.122. The number of para-hydroxylation sites is 2. The molecular formula is C18H20N4O2. The maximum atomic E-state index is 12.5. The number of pyridine rings is 1. The second kappa shape index (κ2) is 6.70. The molecule has 24 heavy (non-hydrogen) atoms. The molecule has 2 heterocycles. The van der Waals surface area contributed by atoms with Crippen molar-refractivity contribution in [3.05, 3.63) is 64.8 Å². The SMILES string of the molecule is CCn1c(=O)n(CC(=O)NC(C)c2cccnc2)c2ccccc21. The first-order chi connectivity index (χ1) is 11.6. The summed E-state index contributed by atoms with van der Waals surface area (Å²) in [6.07, 6.45) is 3.41. The summed E-state index contributed by atoms with van der Waals surface area (Å²) in [4.78, 5) is 29.0. The van der Waals surface area contributed by atoms with Gasteiger partial charge in [-0.05, 0) is 37.6 Å². The lowest BCUT2D eigenvalue weighted by atomic mass is 10.1. The van der Waals surface area contributed by atoms with Gasteiger partial charge in [0.05, 0.1) is 17.1 Å². The molecule has 0 aliphatic heterocycles. The number of rotatable bonds is 5. The molecule has 1 aromatic carbocycles. The van der Waals surface area contributed by atoms with Crippen LogP contribution in [0.4, 0.5) is 0 Å². The first kappa shape index (κ1) is 16.0. The maximum Gasteiger partial charge on any atom is 0.329 e. The van der Waals surface area contributed by atoms with Crippen molar-refractivity contribution in [2.45, 2.75) is 33.0 Å². The van der Waals surface area contributed by atoms with Crippen LogP contribution in [-0.4, -0.2) is 20.0 Å². The van der Waals surface area contributed by atoms with E-state index in [-0.39, 0.29) is 24.2 Å². The van der Waals surface area contributed by atoms with Crippen molar-refractivity contribution in [2.75, 3.05) is 0 Å². The number of aryl methyl sites for hydroxylation is 1. The molecule has 0 aliphatic carbocycles. The third-order valence-corrected chi connectivity index (χ3v) is 4.10. The van der Waals surface area contributed by atoms with Gasteiger partial charge in [-0.3, -0.25) is 18.9 Å². The number of nitrogens with zero attached hydrogens (tertiary/aromatic N) is 3. The Morgan fingerprint density at radius 1 is 1.17 bits per heavy atom. The van der Waals surface area contributed by atoms with Crippen LogP contribution in [0.15, 0.2) is 53.6 Å². The summed E-state index contributed by atoms with van der Waals surface area (Å²) in [5.74, 6) is -0.201. The second-order valence-corrected chi connectivity index (χ2v) is 5.68. The average molecular weight is 324 g/mol. The zero-order chi connectivity index (χ0) is 17.1. The Labute approximate surface area is 139 Å². The van der Waals surface area contributed by atoms with Crippen LogP contribution in [0.2, 0.25) is 0 Å². The number of carbonyl (C=O) groups excluding carboxylic acids is 1. The van der Waals surface area contributed by atoms with E-state index in [4.69, 9.17) is 0 Å². The number of fused-ring (bicyclic) bond motifs is 1. The summed E-state index contributed by atoms with van der Waals surface area (Å²) in [5.41, 5.74) is 2.38. The van der Waals surface area contributed by atoms with Crippen molar-refractivity contribution < 1.29 is 4.79 Å². The Bertz CT molecular complexity index is 912. The zero-order valence-electron chi connectivity index (χ0n) is 13.8. The molecule has 0 saturated carbocycles. The molecule has 6 heteroatoms. The van der Waals surface area contributed by atoms with E-state index in [9.17, 15) is 9.59 Å². The Morgan fingerprint density at radius 2 is 1.88 bits per heavy atom. The van der Waals surface area contributed by atoms with Crippen LogP contribution in [0.1, 0.15) is 25.5 Å². The van der Waals surface area contributed by atoms with Crippen molar-refractivity contribution in [1.82, 2.24) is 19.4 Å². The minimum atomic E-state index is -0.201. The molecule has 3 rings (SSSR count). The molecule has 0 bridgehead atoms. The fourth-order valence-electron chi connectivity index (χ4n) is 2.88. The van der Waals surface area contributed by atoms with Crippen molar-refractivity contribution >= 4 is 16.9 Å². The number of hydrogen-bond acceptors (Lipinski definition) is 3. The number of carbonyl (C=O) groups is 1. The molecule has 0 aliphatic rings. The van der Waals surface area contributed by atoms with E-state index in [0.29, 0.717) is 6.54 Å². The van der Waals surface area contributed by atoms with E-state index in [0.717, 1.165) is 16.6 Å². The Kier molecular flexibility index (Phi) is 4.46. The average Bonchev–Trinajstić information content (AvgIpc) is 2.87. The third kappa shape index (κ3) is 2.95. The molecule has 0 fully saturated rings. The molecule has 1 N–H and O–H groups in total. The number of amides is 1. The van der Waals surface area contributed by atoms with E-state index < -0.39 is 0 Å². The fraction of sp³-hybridized carbons (Fsp3) is 0.278. The lowest BCUT2D eigenvalue weighted by Crippen LogP contribution is -2.34. The van der Waals surface area contributed by atoms with Crippen molar-refractivity contribution in [3.63, 3.8) is 0 Å². The van der Waals surface area contributed by atoms with Crippen LogP contribution in [-0.2, 0) is 17.9 Å². The van der Waals surface area contributed by atoms with Gasteiger partial charge in [-0.2, -0.15) is 0 Å². The molecule has 3 aromatic rings. The van der Waals surface area contributed by atoms with Gasteiger partial charge in [-0.1, -0.05) is 18.2 Å². The lowest BCUT2D eigenvalue weighted by Gasteiger charge is -2.14. The predicted molar refractivity (Wildman–Crippen MR) is 92.7 cm³/mol. The molecule has 0 saturated heterocycles. The van der Waals surface area contributed by atoms with E-state index in [1.165, 1.54) is 4.57 Å². The van der Waals surface area contributed by atoms with Gasteiger partial charge in [-0.25, -0.2) is 4.79 Å². The molecule has 0 spiro atoms. The first-order valence-electron chi connectivity index (χ1n) is 7.99. The summed E-state index contributed by atoms with van der Waals surface area (Å²) >= 11 is 0. The zero-order valence-corrected chi connectivity index (χ0v) is 13.8. The van der Waals surface area contributed by atoms with Gasteiger partial charge in [0.1, 0.15) is 6.54 Å². The van der Waals surface area contributed by atoms with E-state index in [1.807, 2.05) is 50.2 Å². The van der Waals surface area contributed by atoms with Crippen LogP contribution in [0, 0.1) is 0 Å². The first-order valence-corrected chi connectivity index (χ1v) is 7.99. The maximum absolute atomic E-state index is 12.5. The van der Waals surface area contributed by atoms with E-state index in [2.05, 4.69) is 10.3 Å². The van der Waals surface area contributed by atoms with Gasteiger partial charge in [0.15, 0.2) is 0 Å². The van der Waals surface area contributed by atoms with Gasteiger partial charge in [0.25, 0.3) is 0 Å². The summed E-state index contributed by atoms with van der Waals surface area (Å²) in [6.45, 7) is 4.38. The topological polar surface area (TPSA) is 68.9 Å². The van der Waals surface area contributed by atoms with Crippen molar-refractivity contribution in [1.29, 1.82) is 0 Å². The van der Waals surface area contributed by atoms with Crippen molar-refractivity contribution in [3.8, 4) is 0 Å². The van der Waals surface area contributed by atoms with Crippen LogP contribution in [0.5, 0.6) is 0 Å². The van der Waals surface area contributed by atoms with Crippen LogP contribution in [0.3, 0.4) is 0 Å². The molecule has 2 aromatic heterocycles. The number of benzene rings is 1. The molecule has 1 atom stereocenters. The summed E-state index contributed by atoms with van der Waals surface area (Å²) in [7, 11) is 0. The Morgan fingerprint density at radius 3 is 2.50 bits per heavy atom. The van der Waals surface area contributed by atoms with Gasteiger partial charge < -0.3 is 5.32 Å². The van der Waals surface area contributed by atoms with Crippen LogP contribution >= 0.6 is 0 Å². The molecule has 1 unspecified atom stereocenters. The molecule has 6 nitrogen and oxygen atoms in total. The highest BCUT2D eigenvalue weighted by atomic mass is 16.2. The third-order valence-electron chi connectivity index (χ3n) is 4.10. The normalized spacial score (nSPS) is 12.2. The molecular weight excluding hydrogens is 304 g/mol. The standard InChI is InChI=1S/C18H20N4O2/c1-3-21-15-8-4-5-9-16(15)22(18(21)24)12-17(23)20-13(2)14-7-6-10-19-11-14/h4-11,13H,3,12H2,1-2H3,(H,20,23). The molecule has 0 radical (unpaired) electrons. The quantitative estimate of drug-likeness (QED) is 0.781. The monoisotopic (exact) mass is 324 g/mol. The highest BCUT2D eigenvalue weighted by molar-refractivity contribution is 5.81. The highest BCUT2D eigenvalue weighted by Gasteiger charge is 2.16. The summed E-state index contributed by atoms with van der Waals surface area (Å²) in [6, 6.07) is 11.1. The van der Waals surface area contributed by atoms with Gasteiger partial charge in [-0.15, -0.1) is 0 Å². The molecule has 1 amide bonds. The number of aromatic nitrogens is 3. The highest BCUT2D eigenvalue weighted by Crippen LogP contribution is 2.13. The number of hydrogen-bond donors (Lipinski definition) is 1. The van der Waals surface area contributed by atoms with Gasteiger partial charge in [0.2, 0.25) is 5.91 Å². The van der Waals surface area contributed by atoms with Crippen molar-refractivity contribution in [2.24, 2.45) is 0 Å². The minimum absolute atomic E-state index is 0.00303. The Hall–Kier alpha value is -2.89. The van der Waals surface area contributed by atoms with E-state index >= 15 is 0 Å². The largest absolute Gasteiger partial charge is 0.348 e. The van der Waals surface area contributed by atoms with Crippen LogP contribution < -0.4 is 11.0 Å². The minimum Gasteiger partial charge on any atom is -0.348 e.